The van der Waals surface area contributed by atoms with E-state index < -0.39 is 0 Å². The smallest absolute Gasteiger partial charge is 0.00772 e. The average molecular weight is 570 g/mol. The van der Waals surface area contributed by atoms with Crippen LogP contribution in [0.15, 0.2) is 0 Å². The lowest BCUT2D eigenvalue weighted by Gasteiger charge is -2.11. The van der Waals surface area contributed by atoms with Crippen molar-refractivity contribution in [1.29, 1.82) is 0 Å². The van der Waals surface area contributed by atoms with Gasteiger partial charge >= 0.3 is 0 Å². The van der Waals surface area contributed by atoms with Gasteiger partial charge in [-0.2, -0.15) is 0 Å². The molecule has 35 heavy (non-hydrogen) atoms. The van der Waals surface area contributed by atoms with Gasteiger partial charge in [0.25, 0.3) is 0 Å². The van der Waals surface area contributed by atoms with Crippen molar-refractivity contribution >= 4 is 15.9 Å². The van der Waals surface area contributed by atoms with Gasteiger partial charge in [-0.1, -0.05) is 172 Å². The monoisotopic (exact) mass is 569 g/mol. The molecule has 0 aliphatic carbocycles. The third kappa shape index (κ3) is 48.0. The third-order valence-corrected chi connectivity index (χ3v) is 7.01. The molecule has 0 atom stereocenters. The number of unbranched alkanes of at least 4 members (excludes halogenated alkanes) is 20. The van der Waals surface area contributed by atoms with Crippen molar-refractivity contribution in [2.45, 2.75) is 162 Å². The zero-order valence-electron chi connectivity index (χ0n) is 25.5. The molecule has 1 fully saturated rings. The molecular weight excluding hydrogens is 496 g/mol. The summed E-state index contributed by atoms with van der Waals surface area (Å²) in [5, 5.41) is 7.63. The fourth-order valence-electron chi connectivity index (χ4n) is 3.95. The molecule has 0 aromatic heterocycles. The number of rotatable bonds is 21. The Bertz CT molecular complexity index is 269. The SMILES string of the molecule is C1CNCCN1.CCCC.CCCCCCCCCCCCCCCCCCCCCCBr.[NH4+].[NH4+]. The molecule has 0 radical (unpaired) electrons. The second kappa shape index (κ2) is 44.3. The molecule has 0 amide bonds. The van der Waals surface area contributed by atoms with Gasteiger partial charge in [-0.15, -0.1) is 0 Å². The highest BCUT2D eigenvalue weighted by Gasteiger charge is 1.95. The summed E-state index contributed by atoms with van der Waals surface area (Å²) in [4.78, 5) is 0. The highest BCUT2D eigenvalue weighted by molar-refractivity contribution is 9.09. The average Bonchev–Trinajstić information content (AvgIpc) is 2.87. The number of piperazine rings is 1. The molecule has 4 nitrogen and oxygen atoms in total. The van der Waals surface area contributed by atoms with Gasteiger partial charge in [-0.05, 0) is 6.42 Å². The Kier molecular flexibility index (Phi) is 53.7. The molecule has 0 aromatic carbocycles. The van der Waals surface area contributed by atoms with Crippen LogP contribution in [0.1, 0.15) is 162 Å². The van der Waals surface area contributed by atoms with Crippen LogP contribution in [-0.4, -0.2) is 31.5 Å². The molecule has 5 heteroatoms. The van der Waals surface area contributed by atoms with Crippen molar-refractivity contribution in [3.63, 3.8) is 0 Å². The van der Waals surface area contributed by atoms with E-state index in [2.05, 4.69) is 47.3 Å². The van der Waals surface area contributed by atoms with Gasteiger partial charge in [0.15, 0.2) is 0 Å². The van der Waals surface area contributed by atoms with Crippen molar-refractivity contribution in [3.05, 3.63) is 0 Å². The van der Waals surface area contributed by atoms with Crippen LogP contribution < -0.4 is 22.9 Å². The van der Waals surface area contributed by atoms with E-state index in [9.17, 15) is 0 Å². The zero-order valence-corrected chi connectivity index (χ0v) is 27.1. The topological polar surface area (TPSA) is 97.1 Å². The lowest BCUT2D eigenvalue weighted by molar-refractivity contribution is 0.523. The number of quaternary nitrogens is 2. The molecule has 1 aliphatic heterocycles. The zero-order chi connectivity index (χ0) is 24.5. The van der Waals surface area contributed by atoms with Crippen molar-refractivity contribution in [2.75, 3.05) is 31.5 Å². The number of alkyl halides is 1. The maximum Gasteiger partial charge on any atom is 0.00772 e. The van der Waals surface area contributed by atoms with E-state index in [4.69, 9.17) is 0 Å². The molecule has 0 saturated carbocycles. The highest BCUT2D eigenvalue weighted by Crippen LogP contribution is 2.14. The van der Waals surface area contributed by atoms with Gasteiger partial charge < -0.3 is 22.9 Å². The Hall–Kier alpha value is 0.320. The van der Waals surface area contributed by atoms with Crippen LogP contribution in [0.4, 0.5) is 0 Å². The van der Waals surface area contributed by atoms with Crippen LogP contribution >= 0.6 is 15.9 Å². The van der Waals surface area contributed by atoms with Gasteiger partial charge in [-0.3, -0.25) is 0 Å². The Morgan fingerprint density at radius 2 is 0.600 bits per heavy atom. The molecule has 1 heterocycles. The van der Waals surface area contributed by atoms with E-state index in [1.807, 2.05) is 0 Å². The number of nitrogens with one attached hydrogen (secondary N) is 2. The summed E-state index contributed by atoms with van der Waals surface area (Å²) in [6.45, 7) is 11.2. The van der Waals surface area contributed by atoms with E-state index in [1.54, 1.807) is 0 Å². The fraction of sp³-hybridized carbons (Fsp3) is 1.00. The molecular formula is C30H73BrN4+2. The normalized spacial score (nSPS) is 12.3. The van der Waals surface area contributed by atoms with Crippen LogP contribution in [0.25, 0.3) is 0 Å². The molecule has 0 unspecified atom stereocenters. The number of hydrogen-bond acceptors (Lipinski definition) is 2. The van der Waals surface area contributed by atoms with Crippen molar-refractivity contribution in [3.8, 4) is 0 Å². The summed E-state index contributed by atoms with van der Waals surface area (Å²) < 4.78 is 0. The summed E-state index contributed by atoms with van der Waals surface area (Å²) in [5.74, 6) is 0. The first kappa shape index (κ1) is 42.4. The quantitative estimate of drug-likeness (QED) is 0.0817. The van der Waals surface area contributed by atoms with Crippen LogP contribution in [-0.2, 0) is 0 Å². The summed E-state index contributed by atoms with van der Waals surface area (Å²) >= 11 is 3.50. The van der Waals surface area contributed by atoms with Crippen molar-refractivity contribution < 1.29 is 0 Å². The van der Waals surface area contributed by atoms with Crippen molar-refractivity contribution in [1.82, 2.24) is 22.9 Å². The van der Waals surface area contributed by atoms with Gasteiger partial charge in [0, 0.05) is 31.5 Å². The van der Waals surface area contributed by atoms with Crippen molar-refractivity contribution in [2.24, 2.45) is 0 Å². The lowest BCUT2D eigenvalue weighted by atomic mass is 10.0. The molecule has 0 spiro atoms. The summed E-state index contributed by atoms with van der Waals surface area (Å²) in [7, 11) is 0. The third-order valence-electron chi connectivity index (χ3n) is 6.44. The first-order chi connectivity index (χ1) is 16.3. The predicted molar refractivity (Wildman–Crippen MR) is 170 cm³/mol. The van der Waals surface area contributed by atoms with Crippen LogP contribution in [0, 0.1) is 0 Å². The second-order valence-electron chi connectivity index (χ2n) is 9.91. The van der Waals surface area contributed by atoms with Gasteiger partial charge in [0.05, 0.1) is 0 Å². The molecule has 218 valence electrons. The maximum atomic E-state index is 3.50. The molecule has 1 saturated heterocycles. The maximum absolute atomic E-state index is 3.50. The predicted octanol–water partition coefficient (Wildman–Crippen LogP) is 10.9. The molecule has 1 rings (SSSR count). The van der Waals surface area contributed by atoms with Gasteiger partial charge in [0.1, 0.15) is 0 Å². The number of halogens is 1. The highest BCUT2D eigenvalue weighted by atomic mass is 79.9. The second-order valence-corrected chi connectivity index (χ2v) is 10.7. The first-order valence-electron chi connectivity index (χ1n) is 15.3. The minimum Gasteiger partial charge on any atom is -0.369 e. The van der Waals surface area contributed by atoms with E-state index >= 15 is 0 Å². The van der Waals surface area contributed by atoms with Crippen LogP contribution in [0.3, 0.4) is 0 Å². The summed E-state index contributed by atoms with van der Waals surface area (Å²) in [6, 6.07) is 0. The van der Waals surface area contributed by atoms with Crippen LogP contribution in [0.5, 0.6) is 0 Å². The molecule has 0 bridgehead atoms. The van der Waals surface area contributed by atoms with E-state index in [0.29, 0.717) is 0 Å². The number of hydrogen-bond donors (Lipinski definition) is 4. The summed E-state index contributed by atoms with van der Waals surface area (Å²) in [6.07, 6.45) is 31.9. The van der Waals surface area contributed by atoms with E-state index in [-0.39, 0.29) is 12.3 Å². The minimum atomic E-state index is 0. The molecule has 1 aliphatic rings. The van der Waals surface area contributed by atoms with Crippen LogP contribution in [0.2, 0.25) is 0 Å². The Morgan fingerprint density at radius 3 is 0.771 bits per heavy atom. The Morgan fingerprint density at radius 1 is 0.371 bits per heavy atom. The van der Waals surface area contributed by atoms with Gasteiger partial charge in [-0.25, -0.2) is 0 Å². The molecule has 0 aromatic rings. The first-order valence-corrected chi connectivity index (χ1v) is 16.4. The Balaban J connectivity index is -0.000000331. The van der Waals surface area contributed by atoms with E-state index in [0.717, 1.165) is 26.2 Å². The standard InChI is InChI=1S/C22H45Br.C4H10N2.C4H10.2H3N/c1-2-3-4-5-6-7-8-9-10-11-12-13-14-15-16-17-18-19-20-21-22-23;1-2-6-4-3-5-1;1-3-4-2;;/h2-22H2,1H3;5-6H,1-4H2;3-4H2,1-2H3;2*1H3/p+2. The minimum absolute atomic E-state index is 0. The largest absolute Gasteiger partial charge is 0.369 e. The lowest BCUT2D eigenvalue weighted by Crippen LogP contribution is -2.39. The molecule has 10 N–H and O–H groups in total. The van der Waals surface area contributed by atoms with E-state index in [1.165, 1.54) is 147 Å². The summed E-state index contributed by atoms with van der Waals surface area (Å²) in [5.41, 5.74) is 0. The Labute approximate surface area is 232 Å². The fourth-order valence-corrected chi connectivity index (χ4v) is 4.35. The van der Waals surface area contributed by atoms with Gasteiger partial charge in [0.2, 0.25) is 0 Å².